The van der Waals surface area contributed by atoms with Gasteiger partial charge in [-0.1, -0.05) is 24.3 Å². The Labute approximate surface area is 190 Å². The Hall–Kier alpha value is -4.01. The van der Waals surface area contributed by atoms with Gasteiger partial charge < -0.3 is 10.6 Å². The number of rotatable bonds is 7. The fourth-order valence-electron chi connectivity index (χ4n) is 4.30. The van der Waals surface area contributed by atoms with Gasteiger partial charge in [-0.2, -0.15) is 0 Å². The van der Waals surface area contributed by atoms with Gasteiger partial charge in [0.25, 0.3) is 11.6 Å². The van der Waals surface area contributed by atoms with Crippen molar-refractivity contribution < 1.29 is 19.3 Å². The van der Waals surface area contributed by atoms with Crippen molar-refractivity contribution in [3.05, 3.63) is 75.9 Å². The maximum atomic E-state index is 12.9. The number of nitrogens with zero attached hydrogens (tertiary/aromatic N) is 2. The molecule has 2 aromatic rings. The SMILES string of the molecule is Cc1cccc(NC(=O)c2cc([N+](=O)[O-])ccc2NCCN2C(=O)C3CC=CCC3C2=O)c1. The van der Waals surface area contributed by atoms with Crippen LogP contribution in [-0.2, 0) is 9.59 Å². The van der Waals surface area contributed by atoms with E-state index in [9.17, 15) is 24.5 Å². The van der Waals surface area contributed by atoms with Gasteiger partial charge in [0.15, 0.2) is 0 Å². The number of amides is 3. The maximum Gasteiger partial charge on any atom is 0.270 e. The highest BCUT2D eigenvalue weighted by molar-refractivity contribution is 6.08. The topological polar surface area (TPSA) is 122 Å². The van der Waals surface area contributed by atoms with E-state index in [2.05, 4.69) is 10.6 Å². The average Bonchev–Trinajstić information content (AvgIpc) is 3.04. The molecule has 0 bridgehead atoms. The van der Waals surface area contributed by atoms with Crippen molar-refractivity contribution in [2.75, 3.05) is 23.7 Å². The number of allylic oxidation sites excluding steroid dienone is 2. The molecular weight excluding hydrogens is 424 g/mol. The summed E-state index contributed by atoms with van der Waals surface area (Å²) in [5.41, 5.74) is 1.80. The molecule has 170 valence electrons. The molecule has 1 heterocycles. The summed E-state index contributed by atoms with van der Waals surface area (Å²) in [4.78, 5) is 50.1. The molecule has 1 aliphatic heterocycles. The van der Waals surface area contributed by atoms with Crippen LogP contribution < -0.4 is 10.6 Å². The van der Waals surface area contributed by atoms with Crippen molar-refractivity contribution in [3.8, 4) is 0 Å². The Morgan fingerprint density at radius 3 is 2.42 bits per heavy atom. The van der Waals surface area contributed by atoms with Crippen molar-refractivity contribution in [2.24, 2.45) is 11.8 Å². The van der Waals surface area contributed by atoms with Gasteiger partial charge in [0.05, 0.1) is 22.3 Å². The second-order valence-corrected chi connectivity index (χ2v) is 8.22. The molecule has 0 spiro atoms. The summed E-state index contributed by atoms with van der Waals surface area (Å²) in [5.74, 6) is -1.43. The Morgan fingerprint density at radius 1 is 1.09 bits per heavy atom. The normalized spacial score (nSPS) is 19.4. The van der Waals surface area contributed by atoms with Crippen LogP contribution in [-0.4, -0.2) is 40.6 Å². The first-order chi connectivity index (χ1) is 15.8. The first kappa shape index (κ1) is 22.2. The molecule has 2 atom stereocenters. The van der Waals surface area contributed by atoms with Gasteiger partial charge in [-0.25, -0.2) is 0 Å². The molecule has 3 amide bonds. The number of hydrogen-bond acceptors (Lipinski definition) is 6. The van der Waals surface area contributed by atoms with Crippen LogP contribution in [0.1, 0.15) is 28.8 Å². The highest BCUT2D eigenvalue weighted by Crippen LogP contribution is 2.35. The maximum absolute atomic E-state index is 12.9. The summed E-state index contributed by atoms with van der Waals surface area (Å²) in [6.45, 7) is 2.26. The average molecular weight is 448 g/mol. The highest BCUT2D eigenvalue weighted by atomic mass is 16.6. The second-order valence-electron chi connectivity index (χ2n) is 8.22. The Morgan fingerprint density at radius 2 is 1.79 bits per heavy atom. The van der Waals surface area contributed by atoms with E-state index in [0.29, 0.717) is 24.2 Å². The van der Waals surface area contributed by atoms with Crippen molar-refractivity contribution in [1.82, 2.24) is 4.90 Å². The minimum Gasteiger partial charge on any atom is -0.383 e. The van der Waals surface area contributed by atoms with E-state index < -0.39 is 10.8 Å². The number of nitro benzene ring substituents is 1. The van der Waals surface area contributed by atoms with E-state index >= 15 is 0 Å². The zero-order chi connectivity index (χ0) is 23.5. The van der Waals surface area contributed by atoms with Crippen LogP contribution in [0.3, 0.4) is 0 Å². The van der Waals surface area contributed by atoms with Crippen LogP contribution in [0.2, 0.25) is 0 Å². The number of fused-ring (bicyclic) bond motifs is 1. The molecule has 1 saturated heterocycles. The number of nitro groups is 1. The third-order valence-corrected chi connectivity index (χ3v) is 5.98. The van der Waals surface area contributed by atoms with Crippen LogP contribution >= 0.6 is 0 Å². The minimum atomic E-state index is -0.565. The number of hydrogen-bond donors (Lipinski definition) is 2. The molecule has 4 rings (SSSR count). The fraction of sp³-hybridized carbons (Fsp3) is 0.292. The summed E-state index contributed by atoms with van der Waals surface area (Å²) in [7, 11) is 0. The molecular formula is C24H24N4O5. The number of carbonyl (C=O) groups excluding carboxylic acids is 3. The third kappa shape index (κ3) is 4.62. The van der Waals surface area contributed by atoms with Crippen LogP contribution in [0.15, 0.2) is 54.6 Å². The van der Waals surface area contributed by atoms with Crippen LogP contribution in [0, 0.1) is 28.9 Å². The lowest BCUT2D eigenvalue weighted by Gasteiger charge is -2.17. The number of benzene rings is 2. The summed E-state index contributed by atoms with van der Waals surface area (Å²) >= 11 is 0. The fourth-order valence-corrected chi connectivity index (χ4v) is 4.30. The molecule has 1 fully saturated rings. The molecule has 0 saturated carbocycles. The number of imide groups is 1. The minimum absolute atomic E-state index is 0.0997. The quantitative estimate of drug-likeness (QED) is 0.289. The molecule has 0 aromatic heterocycles. The Kier molecular flexibility index (Phi) is 6.21. The molecule has 2 N–H and O–H groups in total. The number of carbonyl (C=O) groups is 3. The van der Waals surface area contributed by atoms with Crippen LogP contribution in [0.5, 0.6) is 0 Å². The lowest BCUT2D eigenvalue weighted by atomic mass is 9.85. The van der Waals surface area contributed by atoms with Crippen molar-refractivity contribution >= 4 is 34.8 Å². The number of aryl methyl sites for hydroxylation is 1. The third-order valence-electron chi connectivity index (χ3n) is 5.98. The zero-order valence-corrected chi connectivity index (χ0v) is 18.1. The number of anilines is 2. The monoisotopic (exact) mass is 448 g/mol. The van der Waals surface area contributed by atoms with Gasteiger partial charge in [0, 0.05) is 36.6 Å². The van der Waals surface area contributed by atoms with Crippen LogP contribution in [0.25, 0.3) is 0 Å². The first-order valence-corrected chi connectivity index (χ1v) is 10.8. The number of likely N-dealkylation sites (tertiary alicyclic amines) is 1. The largest absolute Gasteiger partial charge is 0.383 e. The lowest BCUT2D eigenvalue weighted by Crippen LogP contribution is -2.35. The standard InChI is InChI=1S/C24H24N4O5/c1-15-5-4-6-16(13-15)26-22(29)20-14-17(28(32)33)9-10-21(20)25-11-12-27-23(30)18-7-2-3-8-19(18)24(27)31/h2-6,9-10,13-14,18-19,25H,7-8,11-12H2,1H3,(H,26,29). The van der Waals surface area contributed by atoms with Gasteiger partial charge in [0.1, 0.15) is 0 Å². The van der Waals surface area contributed by atoms with Crippen molar-refractivity contribution in [2.45, 2.75) is 19.8 Å². The summed E-state index contributed by atoms with van der Waals surface area (Å²) in [5, 5.41) is 17.1. The van der Waals surface area contributed by atoms with E-state index in [4.69, 9.17) is 0 Å². The predicted octanol–water partition coefficient (Wildman–Crippen LogP) is 3.52. The van der Waals surface area contributed by atoms with Crippen molar-refractivity contribution in [1.29, 1.82) is 0 Å². The molecule has 2 unspecified atom stereocenters. The molecule has 0 radical (unpaired) electrons. The first-order valence-electron chi connectivity index (χ1n) is 10.8. The van der Waals surface area contributed by atoms with E-state index in [1.54, 1.807) is 18.2 Å². The molecule has 33 heavy (non-hydrogen) atoms. The molecule has 2 aliphatic rings. The molecule has 2 aromatic carbocycles. The predicted molar refractivity (Wildman–Crippen MR) is 123 cm³/mol. The molecule has 9 nitrogen and oxygen atoms in total. The number of non-ortho nitro benzene ring substituents is 1. The Balaban J connectivity index is 1.48. The van der Waals surface area contributed by atoms with Gasteiger partial charge >= 0.3 is 0 Å². The Bertz CT molecular complexity index is 1130. The summed E-state index contributed by atoms with van der Waals surface area (Å²) in [6, 6.07) is 11.2. The zero-order valence-electron chi connectivity index (χ0n) is 18.1. The smallest absolute Gasteiger partial charge is 0.270 e. The highest BCUT2D eigenvalue weighted by Gasteiger charge is 2.46. The van der Waals surface area contributed by atoms with Gasteiger partial charge in [-0.15, -0.1) is 0 Å². The van der Waals surface area contributed by atoms with E-state index in [-0.39, 0.29) is 48.0 Å². The molecule has 1 aliphatic carbocycles. The summed E-state index contributed by atoms with van der Waals surface area (Å²) < 4.78 is 0. The van der Waals surface area contributed by atoms with Gasteiger partial charge in [-0.3, -0.25) is 29.4 Å². The molecule has 9 heteroatoms. The van der Waals surface area contributed by atoms with E-state index in [0.717, 1.165) is 5.56 Å². The van der Waals surface area contributed by atoms with Gasteiger partial charge in [-0.05, 0) is 43.5 Å². The van der Waals surface area contributed by atoms with Crippen LogP contribution in [0.4, 0.5) is 17.1 Å². The van der Waals surface area contributed by atoms with Gasteiger partial charge in [0.2, 0.25) is 11.8 Å². The van der Waals surface area contributed by atoms with Crippen molar-refractivity contribution in [3.63, 3.8) is 0 Å². The summed E-state index contributed by atoms with van der Waals surface area (Å²) in [6.07, 6.45) is 5.02. The van der Waals surface area contributed by atoms with E-state index in [1.165, 1.54) is 23.1 Å². The second kappa shape index (κ2) is 9.23. The number of nitrogens with one attached hydrogen (secondary N) is 2. The lowest BCUT2D eigenvalue weighted by molar-refractivity contribution is -0.384. The van der Waals surface area contributed by atoms with E-state index in [1.807, 2.05) is 25.1 Å².